The highest BCUT2D eigenvalue weighted by molar-refractivity contribution is 14.0. The molecule has 0 bridgehead atoms. The smallest absolute Gasteiger partial charge is 0.191 e. The molecular formula is C23H33IN4O3. The van der Waals surface area contributed by atoms with Crippen molar-refractivity contribution in [2.45, 2.75) is 26.6 Å². The highest BCUT2D eigenvalue weighted by Gasteiger charge is 2.13. The number of hydrogen-bond donors (Lipinski definition) is 3. The standard InChI is InChI=1S/C23H32N4O3.HI/c1-3-24-23(26-16-19-9-6-10-21(29-2)22(19)28)25-15-18-7-4-5-8-20(18)17-27-11-13-30-14-12-27;/h4-10,28H,3,11-17H2,1-2H3,(H2,24,25,26);1H. The maximum Gasteiger partial charge on any atom is 0.191 e. The van der Waals surface area contributed by atoms with Crippen LogP contribution in [0.1, 0.15) is 23.6 Å². The van der Waals surface area contributed by atoms with Crippen molar-refractivity contribution in [2.24, 2.45) is 4.99 Å². The quantitative estimate of drug-likeness (QED) is 0.272. The molecule has 0 aromatic heterocycles. The Kier molecular flexibility index (Phi) is 10.9. The van der Waals surface area contributed by atoms with Crippen molar-refractivity contribution in [1.29, 1.82) is 0 Å². The Hall–Kier alpha value is -2.04. The molecule has 1 fully saturated rings. The predicted octanol–water partition coefficient (Wildman–Crippen LogP) is 3.11. The molecule has 0 spiro atoms. The van der Waals surface area contributed by atoms with Gasteiger partial charge in [-0.05, 0) is 24.1 Å². The van der Waals surface area contributed by atoms with Gasteiger partial charge in [0.1, 0.15) is 0 Å². The summed E-state index contributed by atoms with van der Waals surface area (Å²) in [6, 6.07) is 13.9. The fourth-order valence-corrected chi connectivity index (χ4v) is 3.43. The topological polar surface area (TPSA) is 78.4 Å². The van der Waals surface area contributed by atoms with Crippen LogP contribution < -0.4 is 15.4 Å². The molecule has 1 saturated heterocycles. The summed E-state index contributed by atoms with van der Waals surface area (Å²) in [5.41, 5.74) is 3.28. The van der Waals surface area contributed by atoms with Crippen molar-refractivity contribution >= 4 is 29.9 Å². The van der Waals surface area contributed by atoms with E-state index < -0.39 is 0 Å². The van der Waals surface area contributed by atoms with Crippen LogP contribution in [0.3, 0.4) is 0 Å². The molecule has 8 heteroatoms. The molecule has 0 unspecified atom stereocenters. The van der Waals surface area contributed by atoms with Gasteiger partial charge in [0.05, 0.1) is 26.9 Å². The second-order valence-corrected chi connectivity index (χ2v) is 7.17. The van der Waals surface area contributed by atoms with E-state index in [4.69, 9.17) is 9.47 Å². The van der Waals surface area contributed by atoms with Crippen molar-refractivity contribution in [1.82, 2.24) is 15.5 Å². The summed E-state index contributed by atoms with van der Waals surface area (Å²) in [5, 5.41) is 17.0. The summed E-state index contributed by atoms with van der Waals surface area (Å²) in [4.78, 5) is 7.06. The van der Waals surface area contributed by atoms with Crippen LogP contribution in [-0.2, 0) is 24.4 Å². The lowest BCUT2D eigenvalue weighted by Crippen LogP contribution is -2.38. The molecule has 170 valence electrons. The van der Waals surface area contributed by atoms with Gasteiger partial charge in [0.2, 0.25) is 0 Å². The van der Waals surface area contributed by atoms with Gasteiger partial charge in [0.15, 0.2) is 17.5 Å². The number of morpholine rings is 1. The average molecular weight is 540 g/mol. The maximum absolute atomic E-state index is 10.3. The van der Waals surface area contributed by atoms with Gasteiger partial charge >= 0.3 is 0 Å². The molecule has 3 rings (SSSR count). The Labute approximate surface area is 201 Å². The Balaban J connectivity index is 0.00000341. The van der Waals surface area contributed by atoms with E-state index in [0.717, 1.165) is 45.0 Å². The van der Waals surface area contributed by atoms with Gasteiger partial charge in [0.25, 0.3) is 0 Å². The van der Waals surface area contributed by atoms with Crippen molar-refractivity contribution in [3.63, 3.8) is 0 Å². The Morgan fingerprint density at radius 3 is 2.48 bits per heavy atom. The summed E-state index contributed by atoms with van der Waals surface area (Å²) in [6.07, 6.45) is 0. The van der Waals surface area contributed by atoms with E-state index in [9.17, 15) is 5.11 Å². The van der Waals surface area contributed by atoms with E-state index in [0.29, 0.717) is 24.8 Å². The Morgan fingerprint density at radius 2 is 1.77 bits per heavy atom. The van der Waals surface area contributed by atoms with E-state index in [2.05, 4.69) is 44.8 Å². The molecule has 2 aromatic rings. The van der Waals surface area contributed by atoms with Crippen LogP contribution in [0.4, 0.5) is 0 Å². The van der Waals surface area contributed by atoms with Gasteiger partial charge in [0, 0.05) is 38.3 Å². The zero-order chi connectivity index (χ0) is 21.2. The molecule has 1 aliphatic rings. The van der Waals surface area contributed by atoms with Gasteiger partial charge in [-0.2, -0.15) is 0 Å². The minimum atomic E-state index is 0. The third-order valence-electron chi connectivity index (χ3n) is 5.12. The highest BCUT2D eigenvalue weighted by atomic mass is 127. The van der Waals surface area contributed by atoms with Crippen LogP contribution in [0, 0.1) is 0 Å². The summed E-state index contributed by atoms with van der Waals surface area (Å²) < 4.78 is 10.6. The number of hydrogen-bond acceptors (Lipinski definition) is 5. The number of benzene rings is 2. The van der Waals surface area contributed by atoms with Crippen LogP contribution in [0.2, 0.25) is 0 Å². The summed E-state index contributed by atoms with van der Waals surface area (Å²) >= 11 is 0. The number of aliphatic imine (C=N–C) groups is 1. The molecule has 7 nitrogen and oxygen atoms in total. The molecule has 1 aliphatic heterocycles. The molecule has 0 aliphatic carbocycles. The molecule has 2 aromatic carbocycles. The first-order valence-corrected chi connectivity index (χ1v) is 10.4. The average Bonchev–Trinajstić information content (AvgIpc) is 2.78. The number of methoxy groups -OCH3 is 1. The van der Waals surface area contributed by atoms with Gasteiger partial charge in [-0.1, -0.05) is 36.4 Å². The summed E-state index contributed by atoms with van der Waals surface area (Å²) in [6.45, 7) is 8.28. The Morgan fingerprint density at radius 1 is 1.06 bits per heavy atom. The van der Waals surface area contributed by atoms with Crippen LogP contribution in [0.5, 0.6) is 11.5 Å². The van der Waals surface area contributed by atoms with Crippen LogP contribution in [-0.4, -0.2) is 55.9 Å². The number of halogens is 1. The number of para-hydroxylation sites is 1. The van der Waals surface area contributed by atoms with Crippen LogP contribution in [0.15, 0.2) is 47.5 Å². The van der Waals surface area contributed by atoms with E-state index in [1.165, 1.54) is 11.1 Å². The van der Waals surface area contributed by atoms with E-state index in [1.54, 1.807) is 13.2 Å². The van der Waals surface area contributed by atoms with Gasteiger partial charge < -0.3 is 25.2 Å². The minimum absolute atomic E-state index is 0. The lowest BCUT2D eigenvalue weighted by atomic mass is 10.1. The Bertz CT molecular complexity index is 841. The molecule has 31 heavy (non-hydrogen) atoms. The van der Waals surface area contributed by atoms with Gasteiger partial charge in [-0.25, -0.2) is 4.99 Å². The largest absolute Gasteiger partial charge is 0.504 e. The number of phenolic OH excluding ortho intramolecular Hbond substituents is 1. The maximum atomic E-state index is 10.3. The van der Waals surface area contributed by atoms with E-state index in [1.807, 2.05) is 19.1 Å². The SMILES string of the molecule is CCNC(=NCc1cccc(OC)c1O)NCc1ccccc1CN1CCOCC1.I. The predicted molar refractivity (Wildman–Crippen MR) is 134 cm³/mol. The van der Waals surface area contributed by atoms with Crippen LogP contribution >= 0.6 is 24.0 Å². The number of rotatable bonds is 8. The number of nitrogens with one attached hydrogen (secondary N) is 2. The van der Waals surface area contributed by atoms with Crippen molar-refractivity contribution < 1.29 is 14.6 Å². The molecule has 0 amide bonds. The van der Waals surface area contributed by atoms with Crippen molar-refractivity contribution in [3.8, 4) is 11.5 Å². The molecule has 0 radical (unpaired) electrons. The van der Waals surface area contributed by atoms with Gasteiger partial charge in [-0.3, -0.25) is 4.90 Å². The number of ether oxygens (including phenoxy) is 2. The van der Waals surface area contributed by atoms with Crippen molar-refractivity contribution in [3.05, 3.63) is 59.2 Å². The molecule has 1 heterocycles. The molecule has 0 saturated carbocycles. The summed E-state index contributed by atoms with van der Waals surface area (Å²) in [5.74, 6) is 1.30. The molecular weight excluding hydrogens is 507 g/mol. The zero-order valence-corrected chi connectivity index (χ0v) is 20.6. The summed E-state index contributed by atoms with van der Waals surface area (Å²) in [7, 11) is 1.54. The number of aromatic hydroxyl groups is 1. The zero-order valence-electron chi connectivity index (χ0n) is 18.3. The fraction of sp³-hybridized carbons (Fsp3) is 0.435. The van der Waals surface area contributed by atoms with Gasteiger partial charge in [-0.15, -0.1) is 24.0 Å². The highest BCUT2D eigenvalue weighted by Crippen LogP contribution is 2.29. The number of nitrogens with zero attached hydrogens (tertiary/aromatic N) is 2. The second-order valence-electron chi connectivity index (χ2n) is 7.17. The number of guanidine groups is 1. The first kappa shape index (κ1) is 25.2. The van der Waals surface area contributed by atoms with E-state index in [-0.39, 0.29) is 29.7 Å². The number of phenols is 1. The minimum Gasteiger partial charge on any atom is -0.504 e. The lowest BCUT2D eigenvalue weighted by molar-refractivity contribution is 0.0341. The molecule has 3 N–H and O–H groups in total. The molecule has 0 atom stereocenters. The normalized spacial score (nSPS) is 14.6. The van der Waals surface area contributed by atoms with Crippen LogP contribution in [0.25, 0.3) is 0 Å². The third-order valence-corrected chi connectivity index (χ3v) is 5.12. The third kappa shape index (κ3) is 7.55. The first-order valence-electron chi connectivity index (χ1n) is 10.4. The second kappa shape index (κ2) is 13.4. The lowest BCUT2D eigenvalue weighted by Gasteiger charge is -2.27. The fourth-order valence-electron chi connectivity index (χ4n) is 3.43. The monoisotopic (exact) mass is 540 g/mol. The van der Waals surface area contributed by atoms with E-state index >= 15 is 0 Å². The van der Waals surface area contributed by atoms with Crippen molar-refractivity contribution in [2.75, 3.05) is 40.0 Å². The first-order chi connectivity index (χ1) is 14.7.